The van der Waals surface area contributed by atoms with Gasteiger partial charge in [0, 0.05) is 31.6 Å². The van der Waals surface area contributed by atoms with Crippen LogP contribution in [0.3, 0.4) is 0 Å². The third-order valence-corrected chi connectivity index (χ3v) is 6.19. The van der Waals surface area contributed by atoms with Crippen LogP contribution in [0.2, 0.25) is 0 Å². The summed E-state index contributed by atoms with van der Waals surface area (Å²) in [5, 5.41) is 0.443. The summed E-state index contributed by atoms with van der Waals surface area (Å²) in [5.74, 6) is 1.88. The van der Waals surface area contributed by atoms with Crippen molar-refractivity contribution < 1.29 is 9.53 Å². The average Bonchev–Trinajstić information content (AvgIpc) is 3.28. The number of methoxy groups -OCH3 is 1. The van der Waals surface area contributed by atoms with E-state index in [1.54, 1.807) is 13.3 Å². The molecule has 1 aromatic heterocycles. The number of nitrogens with zero attached hydrogens (tertiary/aromatic N) is 3. The molecular weight excluding hydrogens is 336 g/mol. The molecule has 1 aromatic carbocycles. The van der Waals surface area contributed by atoms with Crippen LogP contribution in [0.15, 0.2) is 30.5 Å². The Morgan fingerprint density at radius 3 is 2.68 bits per heavy atom. The molecule has 2 aliphatic rings. The Morgan fingerprint density at radius 1 is 1.28 bits per heavy atom. The van der Waals surface area contributed by atoms with Crippen molar-refractivity contribution in [2.75, 3.05) is 39.5 Å². The van der Waals surface area contributed by atoms with E-state index in [1.807, 2.05) is 17.0 Å². The third kappa shape index (κ3) is 2.87. The molecule has 6 nitrogen and oxygen atoms in total. The highest BCUT2D eigenvalue weighted by atomic mass is 32.1. The maximum atomic E-state index is 12.7. The van der Waals surface area contributed by atoms with Gasteiger partial charge in [-0.1, -0.05) is 23.5 Å². The van der Waals surface area contributed by atoms with E-state index >= 15 is 0 Å². The number of hydrogen-bond donors (Lipinski definition) is 1. The van der Waals surface area contributed by atoms with E-state index in [0.717, 1.165) is 25.4 Å². The van der Waals surface area contributed by atoms with Crippen molar-refractivity contribution >= 4 is 22.4 Å². The highest BCUT2D eigenvalue weighted by Gasteiger charge is 2.47. The van der Waals surface area contributed by atoms with Crippen molar-refractivity contribution in [2.24, 2.45) is 11.8 Å². The second-order valence-electron chi connectivity index (χ2n) is 6.85. The van der Waals surface area contributed by atoms with Crippen molar-refractivity contribution in [3.8, 4) is 5.75 Å². The van der Waals surface area contributed by atoms with E-state index in [4.69, 9.17) is 10.5 Å². The summed E-state index contributed by atoms with van der Waals surface area (Å²) in [5.41, 5.74) is 6.95. The van der Waals surface area contributed by atoms with Gasteiger partial charge in [0.25, 0.3) is 5.91 Å². The zero-order valence-corrected chi connectivity index (χ0v) is 15.2. The highest BCUT2D eigenvalue weighted by molar-refractivity contribution is 7.17. The van der Waals surface area contributed by atoms with Gasteiger partial charge >= 0.3 is 0 Å². The van der Waals surface area contributed by atoms with Crippen molar-refractivity contribution in [3.05, 3.63) is 40.9 Å². The molecule has 25 heavy (non-hydrogen) atoms. The van der Waals surface area contributed by atoms with Gasteiger partial charge in [0.1, 0.15) is 10.6 Å². The smallest absolute Gasteiger partial charge is 0.265 e. The number of likely N-dealkylation sites (tertiary alicyclic amines) is 2. The average molecular weight is 358 g/mol. The van der Waals surface area contributed by atoms with Crippen LogP contribution in [0.25, 0.3) is 0 Å². The molecule has 2 N–H and O–H groups in total. The molecule has 2 saturated heterocycles. The molecule has 0 bridgehead atoms. The van der Waals surface area contributed by atoms with Crippen LogP contribution in [0.4, 0.5) is 5.13 Å². The first-order chi connectivity index (χ1) is 12.1. The Bertz CT molecular complexity index is 776. The van der Waals surface area contributed by atoms with Crippen LogP contribution in [0, 0.1) is 11.8 Å². The first kappa shape index (κ1) is 16.4. The van der Waals surface area contributed by atoms with Crippen molar-refractivity contribution in [2.45, 2.75) is 6.04 Å². The van der Waals surface area contributed by atoms with Gasteiger partial charge in [-0.2, -0.15) is 0 Å². The fraction of sp³-hybridized carbons (Fsp3) is 0.444. The summed E-state index contributed by atoms with van der Waals surface area (Å²) in [6, 6.07) is 8.62. The standard InChI is InChI=1S/C18H22N4O2S/c1-21-8-12-9-22(17(23)15-7-20-18(19)25-15)10-14(12)16(21)11-3-5-13(24-2)6-4-11/h3-7,12,14,16H,8-10H2,1-2H3,(H2,19,20)/t12-,14+,16-/m0/s1. The van der Waals surface area contributed by atoms with Crippen LogP contribution in [-0.2, 0) is 0 Å². The lowest BCUT2D eigenvalue weighted by atomic mass is 9.89. The lowest BCUT2D eigenvalue weighted by molar-refractivity contribution is 0.0772. The van der Waals surface area contributed by atoms with Crippen molar-refractivity contribution in [3.63, 3.8) is 0 Å². The van der Waals surface area contributed by atoms with Gasteiger partial charge in [-0.25, -0.2) is 4.98 Å². The number of rotatable bonds is 3. The quantitative estimate of drug-likeness (QED) is 0.910. The summed E-state index contributed by atoms with van der Waals surface area (Å²) in [4.78, 5) is 21.7. The molecule has 0 saturated carbocycles. The van der Waals surface area contributed by atoms with Crippen LogP contribution in [-0.4, -0.2) is 54.5 Å². The Kier molecular flexibility index (Phi) is 4.13. The summed E-state index contributed by atoms with van der Waals surface area (Å²) in [7, 11) is 3.85. The largest absolute Gasteiger partial charge is 0.497 e. The zero-order valence-electron chi connectivity index (χ0n) is 14.4. The van der Waals surface area contributed by atoms with Gasteiger partial charge in [-0.05, 0) is 30.7 Å². The normalized spacial score (nSPS) is 26.0. The fourth-order valence-corrected chi connectivity index (χ4v) is 4.92. The molecule has 2 aromatic rings. The van der Waals surface area contributed by atoms with Crippen molar-refractivity contribution in [1.82, 2.24) is 14.8 Å². The first-order valence-corrected chi connectivity index (χ1v) is 9.23. The number of nitrogens with two attached hydrogens (primary N) is 1. The zero-order chi connectivity index (χ0) is 17.6. The molecule has 1 amide bonds. The Balaban J connectivity index is 1.53. The van der Waals surface area contributed by atoms with E-state index in [9.17, 15) is 4.79 Å². The van der Waals surface area contributed by atoms with E-state index in [-0.39, 0.29) is 5.91 Å². The number of aromatic nitrogens is 1. The van der Waals surface area contributed by atoms with Crippen LogP contribution >= 0.6 is 11.3 Å². The lowest BCUT2D eigenvalue weighted by Gasteiger charge is -2.26. The van der Waals surface area contributed by atoms with Crippen LogP contribution in [0.5, 0.6) is 5.75 Å². The first-order valence-electron chi connectivity index (χ1n) is 8.41. The molecule has 0 aliphatic carbocycles. The molecule has 3 heterocycles. The number of thiazole rings is 1. The number of hydrogen-bond acceptors (Lipinski definition) is 6. The predicted octanol–water partition coefficient (Wildman–Crippen LogP) is 2.11. The maximum absolute atomic E-state index is 12.7. The van der Waals surface area contributed by atoms with Crippen LogP contribution < -0.4 is 10.5 Å². The van der Waals surface area contributed by atoms with E-state index in [2.05, 4.69) is 29.1 Å². The Hall–Kier alpha value is -2.12. The number of amides is 1. The number of anilines is 1. The molecule has 0 spiro atoms. The van der Waals surface area contributed by atoms with Gasteiger partial charge in [-0.3, -0.25) is 9.69 Å². The minimum absolute atomic E-state index is 0.0553. The van der Waals surface area contributed by atoms with Gasteiger partial charge in [0.05, 0.1) is 13.3 Å². The van der Waals surface area contributed by atoms with Gasteiger partial charge in [0.2, 0.25) is 0 Å². The second-order valence-corrected chi connectivity index (χ2v) is 7.92. The molecule has 0 radical (unpaired) electrons. The molecule has 3 atom stereocenters. The number of carbonyl (C=O) groups is 1. The molecule has 4 rings (SSSR count). The molecule has 7 heteroatoms. The molecule has 0 unspecified atom stereocenters. The highest BCUT2D eigenvalue weighted by Crippen LogP contribution is 2.44. The molecule has 132 valence electrons. The molecular formula is C18H22N4O2S. The topological polar surface area (TPSA) is 71.7 Å². The monoisotopic (exact) mass is 358 g/mol. The van der Waals surface area contributed by atoms with Gasteiger partial charge in [-0.15, -0.1) is 0 Å². The summed E-state index contributed by atoms with van der Waals surface area (Å²) in [6.07, 6.45) is 1.59. The van der Waals surface area contributed by atoms with Gasteiger partial charge < -0.3 is 15.4 Å². The minimum Gasteiger partial charge on any atom is -0.497 e. The van der Waals surface area contributed by atoms with E-state index < -0.39 is 0 Å². The molecule has 2 aliphatic heterocycles. The number of carbonyl (C=O) groups excluding carboxylic acids is 1. The number of ether oxygens (including phenoxy) is 1. The summed E-state index contributed by atoms with van der Waals surface area (Å²) < 4.78 is 5.26. The Labute approximate surface area is 151 Å². The summed E-state index contributed by atoms with van der Waals surface area (Å²) in [6.45, 7) is 2.59. The summed E-state index contributed by atoms with van der Waals surface area (Å²) >= 11 is 1.26. The number of fused-ring (bicyclic) bond motifs is 1. The van der Waals surface area contributed by atoms with E-state index in [1.165, 1.54) is 16.9 Å². The predicted molar refractivity (Wildman–Crippen MR) is 97.8 cm³/mol. The van der Waals surface area contributed by atoms with Gasteiger partial charge in [0.15, 0.2) is 5.13 Å². The molecule has 2 fully saturated rings. The number of benzene rings is 1. The number of nitrogen functional groups attached to an aromatic ring is 1. The Morgan fingerprint density at radius 2 is 2.04 bits per heavy atom. The second kappa shape index (κ2) is 6.31. The minimum atomic E-state index is 0.0553. The lowest BCUT2D eigenvalue weighted by Crippen LogP contribution is -2.33. The van der Waals surface area contributed by atoms with Crippen LogP contribution in [0.1, 0.15) is 21.3 Å². The van der Waals surface area contributed by atoms with E-state index in [0.29, 0.717) is 27.9 Å². The SMILES string of the molecule is COc1ccc([C@H]2[C@@H]3CN(C(=O)c4cnc(N)s4)C[C@@H]3CN2C)cc1. The fourth-order valence-electron chi connectivity index (χ4n) is 4.27. The maximum Gasteiger partial charge on any atom is 0.265 e. The third-order valence-electron chi connectivity index (χ3n) is 5.37. The van der Waals surface area contributed by atoms with Crippen molar-refractivity contribution in [1.29, 1.82) is 0 Å².